The van der Waals surface area contributed by atoms with E-state index in [1.807, 2.05) is 97.1 Å². The molecule has 11 aromatic rings. The number of hydrogen-bond acceptors (Lipinski definition) is 15. The molecule has 26 heteroatoms. The summed E-state index contributed by atoms with van der Waals surface area (Å²) in [5.41, 5.74) is 7.72. The van der Waals surface area contributed by atoms with Gasteiger partial charge in [0.05, 0.1) is 32.9 Å². The van der Waals surface area contributed by atoms with E-state index in [9.17, 15) is 63.3 Å². The third-order valence-electron chi connectivity index (χ3n) is 17.2. The maximum atomic E-state index is 12.7. The number of carboxylic acid groups (broad SMARTS) is 5. The van der Waals surface area contributed by atoms with E-state index in [1.54, 1.807) is 110 Å². The molecule has 0 radical (unpaired) electrons. The molecule has 2 aliphatic carbocycles. The van der Waals surface area contributed by atoms with Crippen LogP contribution < -0.4 is 26.6 Å². The van der Waals surface area contributed by atoms with Gasteiger partial charge in [-0.05, 0) is 175 Å². The maximum Gasteiger partial charge on any atom is 0.339 e. The lowest BCUT2D eigenvalue weighted by molar-refractivity contribution is -0.133. The van der Waals surface area contributed by atoms with Crippen molar-refractivity contribution in [1.82, 2.24) is 5.32 Å². The summed E-state index contributed by atoms with van der Waals surface area (Å²) in [4.78, 5) is 120. The zero-order valence-corrected chi connectivity index (χ0v) is 63.4. The SMILES string of the molecule is CC(C)c1ccc(C(=O)Nc2sccc2C(=O)O)cc1.Cc1cc(C(=O)O)c(NC(=O)c2ccc(-c3ccccc3)cc2)s1.Cc1cc(C(=O)O)c(NC(=O)c2ccccc2)s1.O=C(O)C1=C(NC(=O)c2ccc(Br)cc2)SC2CCCC12.O=C(O)c1c(NC(=O)c2cccc3ccccc23)sc2c1CCC2. The number of carbonyl (C=O) groups is 10. The molecule has 5 amide bonds. The van der Waals surface area contributed by atoms with E-state index in [0.29, 0.717) is 69.6 Å². The predicted molar refractivity (Wildman–Crippen MR) is 426 cm³/mol. The number of thiophene rings is 4. The van der Waals surface area contributed by atoms with Gasteiger partial charge in [-0.2, -0.15) is 0 Å². The number of hydrogen-bond donors (Lipinski definition) is 10. The molecular formula is C81H70BrN5O15S5. The van der Waals surface area contributed by atoms with Crippen LogP contribution in [0.1, 0.15) is 164 Å². The van der Waals surface area contributed by atoms with Crippen molar-refractivity contribution in [1.29, 1.82) is 0 Å². The molecule has 546 valence electrons. The number of aliphatic carboxylic acids is 1. The van der Waals surface area contributed by atoms with Crippen LogP contribution in [0.3, 0.4) is 0 Å². The van der Waals surface area contributed by atoms with Crippen molar-refractivity contribution in [2.75, 3.05) is 21.3 Å². The Bertz CT molecular complexity index is 5180. The molecule has 107 heavy (non-hydrogen) atoms. The summed E-state index contributed by atoms with van der Waals surface area (Å²) in [5.74, 6) is -5.99. The van der Waals surface area contributed by atoms with E-state index in [-0.39, 0.29) is 57.7 Å². The maximum absolute atomic E-state index is 12.7. The average Bonchev–Trinajstić information content (AvgIpc) is 1.69. The molecule has 7 aromatic carbocycles. The largest absolute Gasteiger partial charge is 0.478 e. The van der Waals surface area contributed by atoms with Crippen LogP contribution in [0.25, 0.3) is 21.9 Å². The molecule has 4 aromatic heterocycles. The molecule has 10 N–H and O–H groups in total. The quantitative estimate of drug-likeness (QED) is 0.0405. The average molecular weight is 1590 g/mol. The van der Waals surface area contributed by atoms with Gasteiger partial charge >= 0.3 is 29.8 Å². The molecule has 20 nitrogen and oxygen atoms in total. The Labute approximate surface area is 643 Å². The van der Waals surface area contributed by atoms with Gasteiger partial charge in [-0.1, -0.05) is 145 Å². The molecule has 2 atom stereocenters. The van der Waals surface area contributed by atoms with Crippen LogP contribution >= 0.6 is 73.0 Å². The minimum absolute atomic E-state index is 0.0766. The highest BCUT2D eigenvalue weighted by atomic mass is 79.9. The van der Waals surface area contributed by atoms with Crippen LogP contribution in [0.4, 0.5) is 20.0 Å². The van der Waals surface area contributed by atoms with Crippen molar-refractivity contribution in [3.05, 3.63) is 290 Å². The van der Waals surface area contributed by atoms with Crippen LogP contribution in [0, 0.1) is 19.8 Å². The molecule has 3 aliphatic rings. The zero-order valence-electron chi connectivity index (χ0n) is 57.8. The van der Waals surface area contributed by atoms with Crippen LogP contribution in [0.5, 0.6) is 0 Å². The van der Waals surface area contributed by atoms with E-state index in [4.69, 9.17) is 10.2 Å². The van der Waals surface area contributed by atoms with Crippen LogP contribution in [-0.4, -0.2) is 90.2 Å². The van der Waals surface area contributed by atoms with Crippen LogP contribution in [0.2, 0.25) is 0 Å². The minimum atomic E-state index is -1.05. The van der Waals surface area contributed by atoms with Gasteiger partial charge in [-0.25, -0.2) is 24.0 Å². The number of amides is 5. The topological polar surface area (TPSA) is 332 Å². The number of carbonyl (C=O) groups excluding carboxylic acids is 5. The minimum Gasteiger partial charge on any atom is -0.478 e. The number of carboxylic acids is 5. The summed E-state index contributed by atoms with van der Waals surface area (Å²) in [6.07, 6.45) is 5.63. The summed E-state index contributed by atoms with van der Waals surface area (Å²) >= 11 is 9.92. The number of aromatic carboxylic acids is 4. The van der Waals surface area contributed by atoms with Crippen molar-refractivity contribution in [3.63, 3.8) is 0 Å². The van der Waals surface area contributed by atoms with Gasteiger partial charge in [0.15, 0.2) is 0 Å². The zero-order chi connectivity index (χ0) is 76.6. The van der Waals surface area contributed by atoms with E-state index in [2.05, 4.69) is 56.4 Å². The predicted octanol–water partition coefficient (Wildman–Crippen LogP) is 19.2. The molecule has 0 bridgehead atoms. The smallest absolute Gasteiger partial charge is 0.339 e. The molecule has 5 heterocycles. The highest BCUT2D eigenvalue weighted by Crippen LogP contribution is 2.50. The highest BCUT2D eigenvalue weighted by molar-refractivity contribution is 9.10. The summed E-state index contributed by atoms with van der Waals surface area (Å²) in [6, 6.07) is 57.9. The monoisotopic (exact) mass is 1590 g/mol. The normalized spacial score (nSPS) is 13.6. The van der Waals surface area contributed by atoms with E-state index < -0.39 is 29.8 Å². The number of rotatable bonds is 17. The van der Waals surface area contributed by atoms with E-state index in [0.717, 1.165) is 90.7 Å². The molecule has 1 saturated carbocycles. The number of thioether (sulfide) groups is 1. The number of aryl methyl sites for hydroxylation is 3. The van der Waals surface area contributed by atoms with Crippen molar-refractivity contribution < 1.29 is 73.5 Å². The first-order valence-electron chi connectivity index (χ1n) is 33.4. The Morgan fingerprint density at radius 3 is 1.50 bits per heavy atom. The summed E-state index contributed by atoms with van der Waals surface area (Å²) in [6.45, 7) is 7.77. The number of halogens is 1. The third kappa shape index (κ3) is 20.1. The van der Waals surface area contributed by atoms with Crippen LogP contribution in [0.15, 0.2) is 215 Å². The van der Waals surface area contributed by atoms with E-state index >= 15 is 0 Å². The molecule has 1 fully saturated rings. The van der Waals surface area contributed by atoms with Gasteiger partial charge < -0.3 is 52.1 Å². The van der Waals surface area contributed by atoms with Crippen LogP contribution in [-0.2, 0) is 17.6 Å². The van der Waals surface area contributed by atoms with Crippen molar-refractivity contribution in [2.45, 2.75) is 77.4 Å². The van der Waals surface area contributed by atoms with Crippen molar-refractivity contribution in [2.24, 2.45) is 5.92 Å². The van der Waals surface area contributed by atoms with Gasteiger partial charge in [0.2, 0.25) is 0 Å². The molecular weight excluding hydrogens is 1520 g/mol. The van der Waals surface area contributed by atoms with Gasteiger partial charge in [-0.15, -0.1) is 57.1 Å². The second-order valence-electron chi connectivity index (χ2n) is 24.8. The second-order valence-corrected chi connectivity index (χ2v) is 31.5. The number of anilines is 4. The molecule has 1 aliphatic heterocycles. The lowest BCUT2D eigenvalue weighted by Gasteiger charge is -2.09. The first kappa shape index (κ1) is 78.5. The first-order valence-corrected chi connectivity index (χ1v) is 38.4. The summed E-state index contributed by atoms with van der Waals surface area (Å²) in [7, 11) is 0. The van der Waals surface area contributed by atoms with Gasteiger partial charge in [0.25, 0.3) is 29.5 Å². The fourth-order valence-corrected chi connectivity index (χ4v) is 17.6. The molecule has 0 saturated heterocycles. The molecule has 0 spiro atoms. The lowest BCUT2D eigenvalue weighted by Crippen LogP contribution is -2.23. The van der Waals surface area contributed by atoms with Gasteiger partial charge in [0.1, 0.15) is 20.0 Å². The van der Waals surface area contributed by atoms with Crippen molar-refractivity contribution in [3.8, 4) is 11.1 Å². The Kier molecular flexibility index (Phi) is 26.6. The first-order chi connectivity index (χ1) is 51.3. The standard InChI is InChI=1S/2C19H15NO3S.C15H14BrNO3S.C15H15NO3S.C13H11NO3S/c21-17(13-8-3-6-11-5-1-2-7-12(11)13)20-18-16(19(22)23)14-9-4-10-15(14)24-18;1-12-11-16(19(22)23)18(24-12)20-17(21)15-9-7-14(8-10-15)13-5-3-2-4-6-13;16-9-6-4-8(5-7-9)13(18)17-14-12(15(19)20)10-2-1-3-11(10)21-14;1-9(2)10-3-5-11(6-4-10)13(17)16-14-12(15(18)19)7-8-20-14;1-8-7-10(13(16)17)12(18-8)14-11(15)9-5-3-2-4-6-9/h1-3,5-8H,4,9-10H2,(H,20,21)(H,22,23);2-11H,1H3,(H,20,21)(H,22,23);4-7,10-11H,1-3H2,(H,17,18)(H,19,20);3-9H,1-2H3,(H,16,17)(H,18,19);2-7H,1H3,(H,14,15)(H,16,17). The lowest BCUT2D eigenvalue weighted by atomic mass is 9.98. The van der Waals surface area contributed by atoms with Gasteiger partial charge in [0, 0.05) is 58.1 Å². The fraction of sp³-hybridized carbons (Fsp3) is 0.160. The Hall–Kier alpha value is -11.1. The molecule has 14 rings (SSSR count). The second kappa shape index (κ2) is 36.2. The number of benzene rings is 7. The summed E-state index contributed by atoms with van der Waals surface area (Å²) < 4.78 is 0.897. The van der Waals surface area contributed by atoms with Crippen molar-refractivity contribution >= 4 is 163 Å². The highest BCUT2D eigenvalue weighted by Gasteiger charge is 2.42. The number of fused-ring (bicyclic) bond motifs is 3. The Morgan fingerprint density at radius 1 is 0.439 bits per heavy atom. The molecule has 2 unspecified atom stereocenters. The Morgan fingerprint density at radius 2 is 0.935 bits per heavy atom. The Balaban J connectivity index is 0.000000144. The number of nitrogens with one attached hydrogen (secondary N) is 5. The van der Waals surface area contributed by atoms with E-state index in [1.165, 1.54) is 63.2 Å². The summed E-state index contributed by atoms with van der Waals surface area (Å²) in [5, 5.41) is 65.5. The third-order valence-corrected chi connectivity index (χ3v) is 23.1. The van der Waals surface area contributed by atoms with Gasteiger partial charge in [-0.3, -0.25) is 24.0 Å². The fourth-order valence-electron chi connectivity index (χ4n) is 11.9.